The molecule has 0 saturated heterocycles. The zero-order chi connectivity index (χ0) is 22.1. The molecule has 0 bridgehead atoms. The first kappa shape index (κ1) is 20.9. The highest BCUT2D eigenvalue weighted by Gasteiger charge is 2.21. The number of hydrogen-bond donors (Lipinski definition) is 2. The molecule has 0 aliphatic carbocycles. The number of aromatic nitrogens is 3. The standard InChI is InChI=1S/C19H16N4O6S/c1-11(24)15-10-16(12(2)25)18(27)23(17(15)26)13-4-6-14(7-5-13)30(28,29)22-19-20-8-3-9-21-19/h3-10,26H,1-2H3,(H,20,21,22). The number of benzene rings is 1. The molecule has 0 saturated carbocycles. The number of hydrogen-bond acceptors (Lipinski definition) is 8. The largest absolute Gasteiger partial charge is 0.494 e. The van der Waals surface area contributed by atoms with Gasteiger partial charge in [-0.3, -0.25) is 14.4 Å². The number of ketones is 2. The number of nitrogens with one attached hydrogen (secondary N) is 1. The second kappa shape index (κ2) is 7.87. The molecule has 11 heteroatoms. The van der Waals surface area contributed by atoms with Gasteiger partial charge in [0.25, 0.3) is 15.6 Å². The van der Waals surface area contributed by atoms with Gasteiger partial charge in [-0.05, 0) is 50.2 Å². The molecule has 0 atom stereocenters. The third-order valence-electron chi connectivity index (χ3n) is 4.13. The molecule has 0 aliphatic rings. The maximum atomic E-state index is 12.7. The van der Waals surface area contributed by atoms with E-state index in [4.69, 9.17) is 0 Å². The van der Waals surface area contributed by atoms with Gasteiger partial charge in [-0.25, -0.2) is 27.7 Å². The summed E-state index contributed by atoms with van der Waals surface area (Å²) < 4.78 is 27.9. The van der Waals surface area contributed by atoms with Crippen LogP contribution in [-0.2, 0) is 10.0 Å². The summed E-state index contributed by atoms with van der Waals surface area (Å²) in [6.45, 7) is 2.34. The van der Waals surface area contributed by atoms with Gasteiger partial charge >= 0.3 is 0 Å². The summed E-state index contributed by atoms with van der Waals surface area (Å²) in [5.41, 5.74) is -1.26. The lowest BCUT2D eigenvalue weighted by Crippen LogP contribution is -2.26. The topological polar surface area (TPSA) is 148 Å². The van der Waals surface area contributed by atoms with Gasteiger partial charge in [-0.2, -0.15) is 0 Å². The van der Waals surface area contributed by atoms with Crippen molar-refractivity contribution in [3.8, 4) is 11.6 Å². The van der Waals surface area contributed by atoms with Crippen LogP contribution in [0.1, 0.15) is 34.6 Å². The van der Waals surface area contributed by atoms with Gasteiger partial charge in [0, 0.05) is 12.4 Å². The third-order valence-corrected chi connectivity index (χ3v) is 5.47. The maximum Gasteiger partial charge on any atom is 0.268 e. The lowest BCUT2D eigenvalue weighted by molar-refractivity contribution is 0.101. The van der Waals surface area contributed by atoms with Crippen LogP contribution >= 0.6 is 0 Å². The van der Waals surface area contributed by atoms with Gasteiger partial charge < -0.3 is 5.11 Å². The van der Waals surface area contributed by atoms with Crippen molar-refractivity contribution in [2.75, 3.05) is 4.72 Å². The van der Waals surface area contributed by atoms with E-state index in [2.05, 4.69) is 14.7 Å². The number of carbonyl (C=O) groups excluding carboxylic acids is 2. The average Bonchev–Trinajstić information content (AvgIpc) is 2.68. The second-order valence-corrected chi connectivity index (χ2v) is 7.90. The van der Waals surface area contributed by atoms with Crippen LogP contribution in [0.5, 0.6) is 5.88 Å². The molecule has 0 spiro atoms. The van der Waals surface area contributed by atoms with Crippen LogP contribution in [0.2, 0.25) is 0 Å². The molecule has 30 heavy (non-hydrogen) atoms. The van der Waals surface area contributed by atoms with Crippen LogP contribution in [0.15, 0.2) is 58.5 Å². The highest BCUT2D eigenvalue weighted by molar-refractivity contribution is 7.92. The van der Waals surface area contributed by atoms with E-state index < -0.39 is 33.0 Å². The Balaban J connectivity index is 2.08. The summed E-state index contributed by atoms with van der Waals surface area (Å²) in [7, 11) is -4.01. The van der Waals surface area contributed by atoms with Gasteiger partial charge in [0.15, 0.2) is 11.6 Å². The minimum atomic E-state index is -4.01. The van der Waals surface area contributed by atoms with Crippen molar-refractivity contribution in [3.05, 3.63) is 70.3 Å². The van der Waals surface area contributed by atoms with Gasteiger partial charge in [0.1, 0.15) is 0 Å². The summed E-state index contributed by atoms with van der Waals surface area (Å²) >= 11 is 0. The van der Waals surface area contributed by atoms with Crippen molar-refractivity contribution in [3.63, 3.8) is 0 Å². The van der Waals surface area contributed by atoms with Crippen molar-refractivity contribution in [2.45, 2.75) is 18.7 Å². The Hall–Kier alpha value is -3.86. The van der Waals surface area contributed by atoms with Crippen LogP contribution in [0.25, 0.3) is 5.69 Å². The molecule has 154 valence electrons. The lowest BCUT2D eigenvalue weighted by Gasteiger charge is -2.13. The summed E-state index contributed by atoms with van der Waals surface area (Å²) in [4.78, 5) is 43.7. The molecule has 0 aliphatic heterocycles. The van der Waals surface area contributed by atoms with Crippen molar-refractivity contribution >= 4 is 27.5 Å². The minimum Gasteiger partial charge on any atom is -0.494 e. The van der Waals surface area contributed by atoms with Gasteiger partial charge in [0.2, 0.25) is 11.8 Å². The molecule has 0 radical (unpaired) electrons. The molecule has 2 N–H and O–H groups in total. The predicted molar refractivity (Wildman–Crippen MR) is 107 cm³/mol. The summed E-state index contributed by atoms with van der Waals surface area (Å²) in [5.74, 6) is -1.89. The van der Waals surface area contributed by atoms with Crippen LogP contribution in [0.3, 0.4) is 0 Å². The van der Waals surface area contributed by atoms with Gasteiger partial charge in [0.05, 0.1) is 21.7 Å². The molecule has 2 aromatic heterocycles. The van der Waals surface area contributed by atoms with Crippen LogP contribution in [-0.4, -0.2) is 39.6 Å². The Labute approximate surface area is 170 Å². The van der Waals surface area contributed by atoms with E-state index >= 15 is 0 Å². The molecular weight excluding hydrogens is 412 g/mol. The number of pyridine rings is 1. The number of carbonyl (C=O) groups is 2. The Morgan fingerprint density at radius 1 is 1.00 bits per heavy atom. The van der Waals surface area contributed by atoms with Gasteiger partial charge in [-0.15, -0.1) is 0 Å². The van der Waals surface area contributed by atoms with Crippen molar-refractivity contribution < 1.29 is 23.1 Å². The smallest absolute Gasteiger partial charge is 0.268 e. The highest BCUT2D eigenvalue weighted by atomic mass is 32.2. The van der Waals surface area contributed by atoms with E-state index in [0.29, 0.717) is 0 Å². The van der Waals surface area contributed by atoms with Gasteiger partial charge in [-0.1, -0.05) is 0 Å². The lowest BCUT2D eigenvalue weighted by atomic mass is 10.1. The maximum absolute atomic E-state index is 12.7. The Morgan fingerprint density at radius 3 is 2.10 bits per heavy atom. The van der Waals surface area contributed by atoms with E-state index in [0.717, 1.165) is 17.6 Å². The quantitative estimate of drug-likeness (QED) is 0.562. The summed E-state index contributed by atoms with van der Waals surface area (Å²) in [5, 5.41) is 10.4. The SMILES string of the molecule is CC(=O)c1cc(C(C)=O)c(=O)n(-c2ccc(S(=O)(=O)Nc3ncccn3)cc2)c1O. The Bertz CT molecular complexity index is 1300. The van der Waals surface area contributed by atoms with E-state index in [1.165, 1.54) is 49.6 Å². The third kappa shape index (κ3) is 3.96. The van der Waals surface area contributed by atoms with E-state index in [1.54, 1.807) is 0 Å². The molecule has 0 fully saturated rings. The molecular formula is C19H16N4O6S. The Kier molecular flexibility index (Phi) is 5.47. The fraction of sp³-hybridized carbons (Fsp3) is 0.105. The zero-order valence-electron chi connectivity index (χ0n) is 15.9. The van der Waals surface area contributed by atoms with Crippen molar-refractivity contribution in [1.29, 1.82) is 0 Å². The molecule has 0 amide bonds. The highest BCUT2D eigenvalue weighted by Crippen LogP contribution is 2.23. The second-order valence-electron chi connectivity index (χ2n) is 6.22. The number of anilines is 1. The van der Waals surface area contributed by atoms with Crippen LogP contribution in [0, 0.1) is 0 Å². The fourth-order valence-corrected chi connectivity index (χ4v) is 3.62. The first-order chi connectivity index (χ1) is 14.1. The van der Waals surface area contributed by atoms with E-state index in [1.807, 2.05) is 0 Å². The van der Waals surface area contributed by atoms with Crippen LogP contribution in [0.4, 0.5) is 5.95 Å². The summed E-state index contributed by atoms with van der Waals surface area (Å²) in [6.07, 6.45) is 2.75. The zero-order valence-corrected chi connectivity index (χ0v) is 16.7. The van der Waals surface area contributed by atoms with E-state index in [-0.39, 0.29) is 27.7 Å². The minimum absolute atomic E-state index is 0.0676. The number of sulfonamides is 1. The first-order valence-corrected chi connectivity index (χ1v) is 10.0. The fourth-order valence-electron chi connectivity index (χ4n) is 2.66. The number of aromatic hydroxyl groups is 1. The molecule has 2 heterocycles. The normalized spacial score (nSPS) is 11.1. The monoisotopic (exact) mass is 428 g/mol. The Morgan fingerprint density at radius 2 is 1.57 bits per heavy atom. The molecule has 10 nitrogen and oxygen atoms in total. The van der Waals surface area contributed by atoms with Crippen molar-refractivity contribution in [2.24, 2.45) is 0 Å². The summed E-state index contributed by atoms with van der Waals surface area (Å²) in [6, 6.07) is 7.48. The molecule has 3 aromatic rings. The number of rotatable bonds is 6. The van der Waals surface area contributed by atoms with Crippen LogP contribution < -0.4 is 10.3 Å². The van der Waals surface area contributed by atoms with Crippen molar-refractivity contribution in [1.82, 2.24) is 14.5 Å². The predicted octanol–water partition coefficient (Wildman–Crippen LogP) is 1.54. The first-order valence-electron chi connectivity index (χ1n) is 8.53. The number of Topliss-reactive ketones (excluding diaryl/α,β-unsaturated/α-hetero) is 2. The van der Waals surface area contributed by atoms with E-state index in [9.17, 15) is 27.9 Å². The molecule has 0 unspecified atom stereocenters. The molecule has 3 rings (SSSR count). The average molecular weight is 428 g/mol. The number of nitrogens with zero attached hydrogens (tertiary/aromatic N) is 3. The molecule has 1 aromatic carbocycles.